The quantitative estimate of drug-likeness (QED) is 0.780. The number of halogens is 4. The summed E-state index contributed by atoms with van der Waals surface area (Å²) in [7, 11) is 0. The summed E-state index contributed by atoms with van der Waals surface area (Å²) in [6, 6.07) is 2.64. The van der Waals surface area contributed by atoms with E-state index < -0.39 is 28.5 Å². The minimum absolute atomic E-state index is 0.00920. The van der Waals surface area contributed by atoms with Crippen LogP contribution in [0.5, 0.6) is 5.75 Å². The number of pyridine rings is 1. The van der Waals surface area contributed by atoms with Crippen molar-refractivity contribution in [3.05, 3.63) is 56.4 Å². The van der Waals surface area contributed by atoms with Crippen molar-refractivity contribution in [2.24, 2.45) is 10.7 Å². The van der Waals surface area contributed by atoms with Gasteiger partial charge in [-0.25, -0.2) is 8.78 Å². The van der Waals surface area contributed by atoms with Crippen molar-refractivity contribution >= 4 is 35.1 Å². The Kier molecular flexibility index (Phi) is 5.81. The van der Waals surface area contributed by atoms with Gasteiger partial charge in [0.05, 0.1) is 22.0 Å². The molecular weight excluding hydrogens is 375 g/mol. The normalized spacial score (nSPS) is 12.1. The smallest absolute Gasteiger partial charge is 0.269 e. The molecule has 2 rings (SSSR count). The molecule has 1 aromatic heterocycles. The van der Waals surface area contributed by atoms with Crippen molar-refractivity contribution in [3.63, 3.8) is 0 Å². The van der Waals surface area contributed by atoms with E-state index in [2.05, 4.69) is 4.99 Å². The van der Waals surface area contributed by atoms with Gasteiger partial charge in [0.25, 0.3) is 5.56 Å². The Morgan fingerprint density at radius 1 is 1.36 bits per heavy atom. The van der Waals surface area contributed by atoms with Gasteiger partial charge in [0.1, 0.15) is 22.4 Å². The van der Waals surface area contributed by atoms with Crippen molar-refractivity contribution in [2.45, 2.75) is 13.5 Å². The summed E-state index contributed by atoms with van der Waals surface area (Å²) in [6.45, 7) is 1.69. The van der Waals surface area contributed by atoms with Gasteiger partial charge in [-0.05, 0) is 13.0 Å². The summed E-state index contributed by atoms with van der Waals surface area (Å²) in [5.74, 6) is -2.70. The molecule has 0 radical (unpaired) electrons. The summed E-state index contributed by atoms with van der Waals surface area (Å²) in [5.41, 5.74) is 3.97. The first-order valence-corrected chi connectivity index (χ1v) is 7.78. The van der Waals surface area contributed by atoms with Crippen LogP contribution in [0.25, 0.3) is 11.3 Å². The maximum absolute atomic E-state index is 14.3. The van der Waals surface area contributed by atoms with Gasteiger partial charge >= 0.3 is 0 Å². The minimum atomic E-state index is -1.06. The maximum Gasteiger partial charge on any atom is 0.269 e. The summed E-state index contributed by atoms with van der Waals surface area (Å²) in [4.78, 5) is 16.3. The van der Waals surface area contributed by atoms with E-state index in [1.807, 2.05) is 0 Å². The number of aromatic nitrogens is 1. The third kappa shape index (κ3) is 3.83. The monoisotopic (exact) mass is 387 g/mol. The highest BCUT2D eigenvalue weighted by molar-refractivity contribution is 6.39. The lowest BCUT2D eigenvalue weighted by Crippen LogP contribution is -2.22. The van der Waals surface area contributed by atoms with Crippen LogP contribution in [0.15, 0.2) is 39.2 Å². The van der Waals surface area contributed by atoms with Crippen molar-refractivity contribution in [1.29, 1.82) is 0 Å². The fourth-order valence-electron chi connectivity index (χ4n) is 2.24. The molecule has 5 nitrogen and oxygen atoms in total. The number of aliphatic imine (C=N–C) groups is 1. The van der Waals surface area contributed by atoms with E-state index in [0.717, 1.165) is 29.1 Å². The number of rotatable bonds is 4. The van der Waals surface area contributed by atoms with Crippen LogP contribution < -0.4 is 11.3 Å². The number of hydrogen-bond acceptors (Lipinski definition) is 4. The first kappa shape index (κ1) is 19.0. The Hall–Kier alpha value is -2.38. The number of phenolic OH excluding ortho intramolecular Hbond substituents is 1. The third-order valence-electron chi connectivity index (χ3n) is 3.29. The molecule has 0 atom stereocenters. The molecule has 25 heavy (non-hydrogen) atoms. The van der Waals surface area contributed by atoms with Gasteiger partial charge in [-0.1, -0.05) is 23.2 Å². The number of nitrogens with two attached hydrogens (primary N) is 1. The highest BCUT2D eigenvalue weighted by Crippen LogP contribution is 2.36. The molecule has 9 heteroatoms. The van der Waals surface area contributed by atoms with E-state index in [4.69, 9.17) is 28.9 Å². The van der Waals surface area contributed by atoms with Crippen LogP contribution in [-0.2, 0) is 6.54 Å². The zero-order chi connectivity index (χ0) is 18.7. The molecule has 3 N–H and O–H groups in total. The van der Waals surface area contributed by atoms with Crippen LogP contribution in [0, 0.1) is 11.6 Å². The van der Waals surface area contributed by atoms with Gasteiger partial charge in [-0.15, -0.1) is 0 Å². The first-order chi connectivity index (χ1) is 11.8. The third-order valence-corrected chi connectivity index (χ3v) is 3.79. The number of benzene rings is 1. The average molecular weight is 388 g/mol. The first-order valence-electron chi connectivity index (χ1n) is 7.03. The summed E-state index contributed by atoms with van der Waals surface area (Å²) >= 11 is 11.6. The van der Waals surface area contributed by atoms with E-state index >= 15 is 0 Å². The largest absolute Gasteiger partial charge is 0.508 e. The topological polar surface area (TPSA) is 80.6 Å². The predicted molar refractivity (Wildman–Crippen MR) is 94.7 cm³/mol. The number of hydrogen-bond donors (Lipinski definition) is 2. The van der Waals surface area contributed by atoms with Gasteiger partial charge in [-0.2, -0.15) is 0 Å². The fourth-order valence-corrected chi connectivity index (χ4v) is 2.50. The van der Waals surface area contributed by atoms with Crippen LogP contribution in [0.3, 0.4) is 0 Å². The van der Waals surface area contributed by atoms with Crippen LogP contribution in [0.4, 0.5) is 14.5 Å². The fraction of sp³-hybridized carbons (Fsp3) is 0.125. The second-order valence-electron chi connectivity index (χ2n) is 4.87. The molecule has 0 saturated heterocycles. The van der Waals surface area contributed by atoms with E-state index in [9.17, 15) is 18.7 Å². The molecule has 0 bridgehead atoms. The predicted octanol–water partition coefficient (Wildman–Crippen LogP) is 3.91. The van der Waals surface area contributed by atoms with Gasteiger partial charge in [0, 0.05) is 31.1 Å². The van der Waals surface area contributed by atoms with Crippen LogP contribution in [0.2, 0.25) is 5.02 Å². The lowest BCUT2D eigenvalue weighted by molar-refractivity contribution is 0.461. The Labute approximate surface area is 151 Å². The lowest BCUT2D eigenvalue weighted by atomic mass is 10.1. The van der Waals surface area contributed by atoms with Crippen molar-refractivity contribution in [3.8, 4) is 17.0 Å². The van der Waals surface area contributed by atoms with Crippen molar-refractivity contribution < 1.29 is 13.9 Å². The standard InChI is InChI=1S/C16H13Cl2F2N3O2/c1-2-23-15(14-11(19)3-9(24)4-12(14)20)13(5-10(18)16(23)25)22-7-8(17)6-21/h3-7,24H,2,21H2,1H3. The summed E-state index contributed by atoms with van der Waals surface area (Å²) < 4.78 is 29.7. The van der Waals surface area contributed by atoms with Crippen LogP contribution in [-0.4, -0.2) is 15.9 Å². The lowest BCUT2D eigenvalue weighted by Gasteiger charge is -2.16. The highest BCUT2D eigenvalue weighted by Gasteiger charge is 2.22. The molecule has 0 aliphatic heterocycles. The molecule has 0 aliphatic carbocycles. The van der Waals surface area contributed by atoms with E-state index in [1.165, 1.54) is 6.07 Å². The van der Waals surface area contributed by atoms with E-state index in [0.29, 0.717) is 0 Å². The molecule has 1 aromatic carbocycles. The molecule has 1 heterocycles. The summed E-state index contributed by atoms with van der Waals surface area (Å²) in [5, 5.41) is 9.23. The minimum Gasteiger partial charge on any atom is -0.508 e. The van der Waals surface area contributed by atoms with E-state index in [-0.39, 0.29) is 28.0 Å². The number of nitrogens with zero attached hydrogens (tertiary/aromatic N) is 2. The molecule has 0 amide bonds. The number of phenols is 1. The Morgan fingerprint density at radius 2 is 1.96 bits per heavy atom. The van der Waals surface area contributed by atoms with Gasteiger partial charge in [0.15, 0.2) is 0 Å². The van der Waals surface area contributed by atoms with Gasteiger partial charge in [-0.3, -0.25) is 9.79 Å². The van der Waals surface area contributed by atoms with Gasteiger partial charge < -0.3 is 15.4 Å². The van der Waals surface area contributed by atoms with Crippen LogP contribution in [0.1, 0.15) is 6.92 Å². The zero-order valence-corrected chi connectivity index (χ0v) is 14.4. The molecule has 0 spiro atoms. The molecule has 0 fully saturated rings. The zero-order valence-electron chi connectivity index (χ0n) is 12.9. The van der Waals surface area contributed by atoms with Crippen LogP contribution >= 0.6 is 23.2 Å². The Balaban J connectivity index is 2.90. The molecule has 0 unspecified atom stereocenters. The van der Waals surface area contributed by atoms with Crippen molar-refractivity contribution in [2.75, 3.05) is 0 Å². The second-order valence-corrected chi connectivity index (χ2v) is 5.71. The van der Waals surface area contributed by atoms with E-state index in [1.54, 1.807) is 6.92 Å². The van der Waals surface area contributed by atoms with Crippen molar-refractivity contribution in [1.82, 2.24) is 4.57 Å². The number of allylic oxidation sites excluding steroid dienone is 1. The molecular formula is C16H13Cl2F2N3O2. The molecule has 0 saturated carbocycles. The summed E-state index contributed by atoms with van der Waals surface area (Å²) in [6.07, 6.45) is 2.22. The average Bonchev–Trinajstić information content (AvgIpc) is 2.55. The molecule has 2 aromatic rings. The second kappa shape index (κ2) is 7.67. The SMILES string of the molecule is CCn1c(-c2c(F)cc(O)cc2F)c(N=CC(Cl)=CN)cc(Cl)c1=O. The molecule has 0 aliphatic rings. The maximum atomic E-state index is 14.3. The Bertz CT molecular complexity index is 917. The van der Waals surface area contributed by atoms with Gasteiger partial charge in [0.2, 0.25) is 0 Å². The number of aromatic hydroxyl groups is 1. The molecule has 132 valence electrons. The highest BCUT2D eigenvalue weighted by atomic mass is 35.5. The Morgan fingerprint density at radius 3 is 2.48 bits per heavy atom.